The van der Waals surface area contributed by atoms with Crippen LogP contribution in [0.4, 0.5) is 0 Å². The largest absolute Gasteiger partial charge is 0.296 e. The summed E-state index contributed by atoms with van der Waals surface area (Å²) >= 11 is 3.36. The Morgan fingerprint density at radius 1 is 1.33 bits per heavy atom. The molecule has 0 aromatic heterocycles. The zero-order valence-electron chi connectivity index (χ0n) is 8.00. The Hall–Kier alpha value is -1.16. The maximum Gasteiger partial charge on any atom is 0.234 e. The number of rotatable bonds is 1. The third-order valence-electron chi connectivity index (χ3n) is 2.49. The minimum Gasteiger partial charge on any atom is -0.296 e. The molecule has 1 aromatic carbocycles. The topological polar surface area (TPSA) is 46.2 Å². The third-order valence-corrected chi connectivity index (χ3v) is 2.98. The van der Waals surface area contributed by atoms with Crippen molar-refractivity contribution in [2.45, 2.75) is 18.8 Å². The molecule has 3 nitrogen and oxygen atoms in total. The molecule has 1 atom stereocenters. The molecule has 0 saturated carbocycles. The van der Waals surface area contributed by atoms with E-state index in [9.17, 15) is 9.59 Å². The summed E-state index contributed by atoms with van der Waals surface area (Å²) in [7, 11) is 0. The average molecular weight is 268 g/mol. The smallest absolute Gasteiger partial charge is 0.234 e. The van der Waals surface area contributed by atoms with E-state index in [1.165, 1.54) is 0 Å². The lowest BCUT2D eigenvalue weighted by molar-refractivity contribution is -0.134. The number of hydrogen-bond acceptors (Lipinski definition) is 2. The van der Waals surface area contributed by atoms with Gasteiger partial charge in [0.05, 0.1) is 5.92 Å². The summed E-state index contributed by atoms with van der Waals surface area (Å²) in [6.07, 6.45) is 1.02. The molecule has 0 spiro atoms. The predicted molar refractivity (Wildman–Crippen MR) is 59.3 cm³/mol. The van der Waals surface area contributed by atoms with Crippen LogP contribution < -0.4 is 5.32 Å². The van der Waals surface area contributed by atoms with Crippen molar-refractivity contribution in [1.29, 1.82) is 0 Å². The molecular formula is C11H10BrNO2. The molecule has 1 aliphatic rings. The molecule has 0 unspecified atom stereocenters. The number of carbonyl (C=O) groups excluding carboxylic acids is 2. The van der Waals surface area contributed by atoms with Crippen LogP contribution in [0, 0.1) is 0 Å². The zero-order chi connectivity index (χ0) is 10.8. The van der Waals surface area contributed by atoms with E-state index in [1.54, 1.807) is 0 Å². The van der Waals surface area contributed by atoms with Gasteiger partial charge in [0.2, 0.25) is 11.8 Å². The first-order chi connectivity index (χ1) is 7.16. The Balaban J connectivity index is 2.24. The van der Waals surface area contributed by atoms with Crippen LogP contribution in [0.5, 0.6) is 0 Å². The van der Waals surface area contributed by atoms with Crippen molar-refractivity contribution in [3.8, 4) is 0 Å². The number of piperidine rings is 1. The first-order valence-electron chi connectivity index (χ1n) is 4.76. The molecule has 1 saturated heterocycles. The number of carbonyl (C=O) groups is 2. The van der Waals surface area contributed by atoms with Crippen molar-refractivity contribution >= 4 is 27.7 Å². The van der Waals surface area contributed by atoms with Gasteiger partial charge in [0.25, 0.3) is 0 Å². The molecule has 0 bridgehead atoms. The van der Waals surface area contributed by atoms with Gasteiger partial charge in [-0.2, -0.15) is 0 Å². The summed E-state index contributed by atoms with van der Waals surface area (Å²) in [5, 5.41) is 2.35. The van der Waals surface area contributed by atoms with E-state index in [1.807, 2.05) is 24.3 Å². The zero-order valence-corrected chi connectivity index (χ0v) is 9.58. The van der Waals surface area contributed by atoms with Crippen LogP contribution in [-0.4, -0.2) is 11.8 Å². The summed E-state index contributed by atoms with van der Waals surface area (Å²) in [4.78, 5) is 22.5. The van der Waals surface area contributed by atoms with E-state index in [4.69, 9.17) is 0 Å². The number of amides is 2. The molecule has 0 aliphatic carbocycles. The molecule has 1 aliphatic heterocycles. The molecule has 1 aromatic rings. The molecule has 2 amide bonds. The molecule has 15 heavy (non-hydrogen) atoms. The minimum absolute atomic E-state index is 0.175. The van der Waals surface area contributed by atoms with Crippen molar-refractivity contribution in [3.05, 3.63) is 34.3 Å². The lowest BCUT2D eigenvalue weighted by Gasteiger charge is -2.21. The molecule has 1 N–H and O–H groups in total. The van der Waals surface area contributed by atoms with Crippen LogP contribution in [-0.2, 0) is 9.59 Å². The van der Waals surface area contributed by atoms with Crippen LogP contribution in [0.15, 0.2) is 28.7 Å². The van der Waals surface area contributed by atoms with Gasteiger partial charge in [-0.3, -0.25) is 14.9 Å². The second kappa shape index (κ2) is 4.14. The summed E-state index contributed by atoms with van der Waals surface area (Å²) in [5.74, 6) is -0.559. The van der Waals surface area contributed by atoms with Gasteiger partial charge in [-0.25, -0.2) is 0 Å². The monoisotopic (exact) mass is 267 g/mol. The van der Waals surface area contributed by atoms with Crippen LogP contribution in [0.3, 0.4) is 0 Å². The predicted octanol–water partition coefficient (Wildman–Crippen LogP) is 1.97. The fourth-order valence-corrected chi connectivity index (χ4v) is 2.15. The lowest BCUT2D eigenvalue weighted by Crippen LogP contribution is -2.39. The Bertz CT molecular complexity index is 417. The number of imide groups is 1. The molecule has 78 valence electrons. The number of halogens is 1. The maximum absolute atomic E-state index is 11.6. The van der Waals surface area contributed by atoms with Gasteiger partial charge in [-0.15, -0.1) is 0 Å². The van der Waals surface area contributed by atoms with Gasteiger partial charge in [-0.1, -0.05) is 28.1 Å². The molecule has 4 heteroatoms. The van der Waals surface area contributed by atoms with E-state index in [0.29, 0.717) is 12.8 Å². The highest BCUT2D eigenvalue weighted by Gasteiger charge is 2.27. The van der Waals surface area contributed by atoms with Gasteiger partial charge in [-0.05, 0) is 24.1 Å². The second-order valence-electron chi connectivity index (χ2n) is 3.56. The fraction of sp³-hybridized carbons (Fsp3) is 0.273. The van der Waals surface area contributed by atoms with Gasteiger partial charge < -0.3 is 0 Å². The highest BCUT2D eigenvalue weighted by molar-refractivity contribution is 9.10. The Morgan fingerprint density at radius 3 is 2.80 bits per heavy atom. The maximum atomic E-state index is 11.6. The first-order valence-corrected chi connectivity index (χ1v) is 5.55. The van der Waals surface area contributed by atoms with Crippen molar-refractivity contribution in [2.24, 2.45) is 0 Å². The first kappa shape index (κ1) is 10.4. The van der Waals surface area contributed by atoms with Gasteiger partial charge in [0.15, 0.2) is 0 Å². The van der Waals surface area contributed by atoms with Gasteiger partial charge in [0, 0.05) is 10.9 Å². The molecule has 1 heterocycles. The van der Waals surface area contributed by atoms with E-state index >= 15 is 0 Å². The van der Waals surface area contributed by atoms with Crippen LogP contribution in [0.25, 0.3) is 0 Å². The SMILES string of the molecule is O=C1CC[C@@H](c2cccc(Br)c2)C(=O)N1. The van der Waals surface area contributed by atoms with Gasteiger partial charge in [0.1, 0.15) is 0 Å². The average Bonchev–Trinajstić information content (AvgIpc) is 2.17. The Morgan fingerprint density at radius 2 is 2.13 bits per heavy atom. The molecule has 2 rings (SSSR count). The summed E-state index contributed by atoms with van der Waals surface area (Å²) in [6.45, 7) is 0. The number of nitrogens with one attached hydrogen (secondary N) is 1. The fourth-order valence-electron chi connectivity index (χ4n) is 1.73. The normalized spacial score (nSPS) is 21.3. The summed E-state index contributed by atoms with van der Waals surface area (Å²) in [6, 6.07) is 7.63. The van der Waals surface area contributed by atoms with Crippen molar-refractivity contribution in [1.82, 2.24) is 5.32 Å². The summed E-state index contributed by atoms with van der Waals surface area (Å²) < 4.78 is 0.949. The molecule has 0 radical (unpaired) electrons. The van der Waals surface area contributed by atoms with Crippen molar-refractivity contribution in [2.75, 3.05) is 0 Å². The standard InChI is InChI=1S/C11H10BrNO2/c12-8-3-1-2-7(6-8)9-4-5-10(14)13-11(9)15/h1-3,6,9H,4-5H2,(H,13,14,15)/t9-/m0/s1. The van der Waals surface area contributed by atoms with Crippen LogP contribution >= 0.6 is 15.9 Å². The van der Waals surface area contributed by atoms with Crippen LogP contribution in [0.1, 0.15) is 24.3 Å². The number of hydrogen-bond donors (Lipinski definition) is 1. The summed E-state index contributed by atoms with van der Waals surface area (Å²) in [5.41, 5.74) is 0.953. The lowest BCUT2D eigenvalue weighted by atomic mass is 9.91. The third kappa shape index (κ3) is 2.26. The Kier molecular flexibility index (Phi) is 2.86. The van der Waals surface area contributed by atoms with E-state index in [-0.39, 0.29) is 17.7 Å². The highest BCUT2D eigenvalue weighted by Crippen LogP contribution is 2.26. The molecule has 1 fully saturated rings. The van der Waals surface area contributed by atoms with E-state index in [2.05, 4.69) is 21.2 Å². The molecular weight excluding hydrogens is 258 g/mol. The Labute approximate surface area is 96.0 Å². The van der Waals surface area contributed by atoms with E-state index in [0.717, 1.165) is 10.0 Å². The van der Waals surface area contributed by atoms with Gasteiger partial charge >= 0.3 is 0 Å². The number of benzene rings is 1. The van der Waals surface area contributed by atoms with Crippen LogP contribution in [0.2, 0.25) is 0 Å². The second-order valence-corrected chi connectivity index (χ2v) is 4.47. The quantitative estimate of drug-likeness (QED) is 0.791. The highest BCUT2D eigenvalue weighted by atomic mass is 79.9. The minimum atomic E-state index is -0.194. The van der Waals surface area contributed by atoms with Crippen molar-refractivity contribution < 1.29 is 9.59 Å². The van der Waals surface area contributed by atoms with Crippen molar-refractivity contribution in [3.63, 3.8) is 0 Å². The van der Waals surface area contributed by atoms with E-state index < -0.39 is 0 Å².